The van der Waals surface area contributed by atoms with Crippen LogP contribution in [0, 0.1) is 50.2 Å². The van der Waals surface area contributed by atoms with Crippen molar-refractivity contribution in [3.05, 3.63) is 11.6 Å². The molecule has 19 heteroatoms. The van der Waals surface area contributed by atoms with E-state index in [1.54, 1.807) is 0 Å². The highest BCUT2D eigenvalue weighted by Gasteiger charge is 2.72. The Balaban J connectivity index is 1.10. The van der Waals surface area contributed by atoms with Gasteiger partial charge in [-0.1, -0.05) is 79.4 Å². The number of esters is 1. The second-order valence-electron chi connectivity index (χ2n) is 25.2. The van der Waals surface area contributed by atoms with Crippen molar-refractivity contribution >= 4 is 18.2 Å². The summed E-state index contributed by atoms with van der Waals surface area (Å²) in [5, 5.41) is 104. The predicted molar refractivity (Wildman–Crippen MR) is 259 cm³/mol. The van der Waals surface area contributed by atoms with E-state index in [4.69, 9.17) is 28.4 Å². The zero-order chi connectivity index (χ0) is 53.4. The number of aliphatic hydroxyl groups excluding tert-OH is 9. The van der Waals surface area contributed by atoms with Crippen LogP contribution in [0.5, 0.6) is 0 Å². The topological polar surface area (TPSA) is 301 Å². The quantitative estimate of drug-likeness (QED) is 0.0515. The summed E-state index contributed by atoms with van der Waals surface area (Å²) < 4.78 is 36.3. The number of aliphatic hydroxyl groups is 9. The number of amides is 1. The summed E-state index contributed by atoms with van der Waals surface area (Å²) in [7, 11) is 0. The summed E-state index contributed by atoms with van der Waals surface area (Å²) in [6, 6.07) is -1.31. The lowest BCUT2D eigenvalue weighted by atomic mass is 9.33. The van der Waals surface area contributed by atoms with Crippen molar-refractivity contribution in [2.75, 3.05) is 13.2 Å². The lowest BCUT2D eigenvalue weighted by molar-refractivity contribution is -0.370. The van der Waals surface area contributed by atoms with E-state index in [-0.39, 0.29) is 54.0 Å². The molecular weight excluding hydrogens is 951 g/mol. The van der Waals surface area contributed by atoms with E-state index in [9.17, 15) is 55.5 Å². The number of hydrogen-bond acceptors (Lipinski definition) is 18. The maximum Gasteiger partial charge on any atom is 0.317 e. The second-order valence-corrected chi connectivity index (χ2v) is 25.2. The third-order valence-electron chi connectivity index (χ3n) is 20.5. The van der Waals surface area contributed by atoms with Crippen LogP contribution in [0.4, 0.5) is 0 Å². The van der Waals surface area contributed by atoms with Gasteiger partial charge in [-0.25, -0.2) is 0 Å². The molecular formula is C54H87NO18. The highest BCUT2D eigenvalue weighted by atomic mass is 16.8. The number of carbonyl (C=O) groups is 3. The molecule has 0 aromatic carbocycles. The largest absolute Gasteiger partial charge is 0.432 e. The molecule has 10 N–H and O–H groups in total. The Labute approximate surface area is 429 Å². The lowest BCUT2D eigenvalue weighted by Gasteiger charge is -2.71. The predicted octanol–water partition coefficient (Wildman–Crippen LogP) is 2.05. The smallest absolute Gasteiger partial charge is 0.317 e. The molecule has 8 aliphatic rings. The summed E-state index contributed by atoms with van der Waals surface area (Å²) in [6.07, 6.45) is -11.2. The Morgan fingerprint density at radius 1 is 0.767 bits per heavy atom. The molecule has 19 nitrogen and oxygen atoms in total. The minimum absolute atomic E-state index is 0.0334. The fourth-order valence-electron chi connectivity index (χ4n) is 15.8. The molecule has 3 heterocycles. The van der Waals surface area contributed by atoms with Gasteiger partial charge in [0.2, 0.25) is 12.2 Å². The van der Waals surface area contributed by atoms with E-state index in [0.29, 0.717) is 32.1 Å². The Hall–Kier alpha value is -2.21. The summed E-state index contributed by atoms with van der Waals surface area (Å²) >= 11 is 0. The van der Waals surface area contributed by atoms with Crippen molar-refractivity contribution in [1.29, 1.82) is 0 Å². The number of hydrogen-bond donors (Lipinski definition) is 10. The van der Waals surface area contributed by atoms with Gasteiger partial charge in [0.15, 0.2) is 18.7 Å². The fraction of sp³-hybridized carbons (Fsp3) is 0.907. The van der Waals surface area contributed by atoms with Gasteiger partial charge in [-0.2, -0.15) is 0 Å². The van der Waals surface area contributed by atoms with E-state index < -0.39 is 139 Å². The van der Waals surface area contributed by atoms with Gasteiger partial charge in [0.25, 0.3) is 0 Å². The Morgan fingerprint density at radius 3 is 2.15 bits per heavy atom. The molecule has 3 aliphatic heterocycles. The third kappa shape index (κ3) is 9.60. The Kier molecular flexibility index (Phi) is 16.6. The van der Waals surface area contributed by atoms with Crippen LogP contribution >= 0.6 is 0 Å². The molecule has 0 aromatic rings. The molecule has 3 saturated heterocycles. The zero-order valence-electron chi connectivity index (χ0n) is 44.1. The molecule has 7 fully saturated rings. The number of nitrogens with one attached hydrogen (secondary N) is 1. The molecule has 0 aromatic heterocycles. The number of allylic oxidation sites excluding steroid dienone is 2. The van der Waals surface area contributed by atoms with Gasteiger partial charge in [-0.3, -0.25) is 9.59 Å². The lowest BCUT2D eigenvalue weighted by Crippen LogP contribution is -2.69. The van der Waals surface area contributed by atoms with Gasteiger partial charge >= 0.3 is 5.97 Å². The van der Waals surface area contributed by atoms with E-state index in [2.05, 4.69) is 46.0 Å². The first-order valence-corrected chi connectivity index (χ1v) is 27.2. The second kappa shape index (κ2) is 21.2. The number of unbranched alkanes of at least 4 members (excludes halogenated alkanes) is 3. The number of fused-ring (bicyclic) bond motifs is 7. The van der Waals surface area contributed by atoms with Crippen LogP contribution < -0.4 is 5.32 Å². The van der Waals surface area contributed by atoms with Crippen LogP contribution in [0.1, 0.15) is 145 Å². The minimum atomic E-state index is -1.92. The zero-order valence-corrected chi connectivity index (χ0v) is 44.1. The summed E-state index contributed by atoms with van der Waals surface area (Å²) in [5.74, 6) is -1.65. The van der Waals surface area contributed by atoms with Gasteiger partial charge in [0, 0.05) is 6.42 Å². The molecule has 24 atom stereocenters. The number of carbonyl (C=O) groups excluding carboxylic acids is 3. The van der Waals surface area contributed by atoms with Crippen molar-refractivity contribution in [1.82, 2.24) is 5.32 Å². The molecule has 4 saturated carbocycles. The van der Waals surface area contributed by atoms with Crippen LogP contribution in [0.3, 0.4) is 0 Å². The maximum absolute atomic E-state index is 15.6. The third-order valence-corrected chi connectivity index (χ3v) is 20.5. The van der Waals surface area contributed by atoms with Gasteiger partial charge < -0.3 is 84.5 Å². The van der Waals surface area contributed by atoms with Crippen molar-refractivity contribution in [3.8, 4) is 0 Å². The SMILES string of the molecule is CCCCCCC(=O)N[C@@H]1C(O)C(O[C@@H]2O[C@H](C)[C@H](O[C@@H]3OC[C@@H](O)C(O)C3O)C(O)C2O)[C@H](OC(=O)[C@]23CCC(C)(C)CC2C2=CCC4C5(C)CC[C@H](O)[C@](C)(C=O)C5CC[C@@]4(C)[C@]2(C)C[C@H]3O)O[C@@H]1CO. The monoisotopic (exact) mass is 1040 g/mol. The molecule has 0 radical (unpaired) electrons. The van der Waals surface area contributed by atoms with E-state index in [1.807, 2.05) is 13.8 Å². The molecule has 8 rings (SSSR count). The highest BCUT2D eigenvalue weighted by Crippen LogP contribution is 2.76. The van der Waals surface area contributed by atoms with Gasteiger partial charge in [-0.05, 0) is 111 Å². The van der Waals surface area contributed by atoms with Gasteiger partial charge in [0.1, 0.15) is 60.5 Å². The van der Waals surface area contributed by atoms with Crippen LogP contribution in [0.25, 0.3) is 0 Å². The van der Waals surface area contributed by atoms with Gasteiger partial charge in [-0.15, -0.1) is 0 Å². The van der Waals surface area contributed by atoms with Crippen LogP contribution in [-0.2, 0) is 42.8 Å². The van der Waals surface area contributed by atoms with Crippen LogP contribution in [0.2, 0.25) is 0 Å². The van der Waals surface area contributed by atoms with Crippen molar-refractivity contribution in [2.24, 2.45) is 50.2 Å². The summed E-state index contributed by atoms with van der Waals surface area (Å²) in [4.78, 5) is 41.7. The van der Waals surface area contributed by atoms with Crippen molar-refractivity contribution in [2.45, 2.75) is 243 Å². The number of rotatable bonds is 14. The standard InChI is InChI=1S/C54H87NO18/c1-9-10-11-12-13-36(61)55-37-31(24-56)70-47(44(39(37)63)72-46-42(66)40(64)43(27(2)69-46)71-45-41(65)38(62)30(58)25-68-45)73-48(67)54-21-20-49(3,4)22-29(54)28-14-15-33-50(5)18-17-34(59)51(6,26-57)32(50)16-19-52(33,7)53(28,8)23-35(54)60/h14,26-27,29-35,37-47,56,58-60,62-66H,9-13,15-25H2,1-8H3,(H,55,61)/t27-,29?,30-,31-,32?,33?,34+,35-,37+,38?,39?,40?,41?,42?,43+,44?,45+,46+,47+,50?,51-,52-,53-,54-/m1/s1. The summed E-state index contributed by atoms with van der Waals surface area (Å²) in [6.45, 7) is 15.4. The maximum atomic E-state index is 15.6. The van der Waals surface area contributed by atoms with E-state index in [1.165, 1.54) is 6.92 Å². The number of ether oxygens (including phenoxy) is 6. The molecule has 10 unspecified atom stereocenters. The van der Waals surface area contributed by atoms with Crippen LogP contribution in [-0.4, -0.2) is 175 Å². The Bertz CT molecular complexity index is 2030. The average molecular weight is 1040 g/mol. The first-order chi connectivity index (χ1) is 34.3. The van der Waals surface area contributed by atoms with Crippen molar-refractivity contribution < 1.29 is 88.8 Å². The molecule has 1 amide bonds. The summed E-state index contributed by atoms with van der Waals surface area (Å²) in [5.41, 5.74) is -2.77. The molecule has 0 spiro atoms. The molecule has 5 aliphatic carbocycles. The fourth-order valence-corrected chi connectivity index (χ4v) is 15.8. The first-order valence-electron chi connectivity index (χ1n) is 27.2. The highest BCUT2D eigenvalue weighted by molar-refractivity contribution is 5.80. The van der Waals surface area contributed by atoms with E-state index >= 15 is 4.79 Å². The number of aldehydes is 1. The first kappa shape index (κ1) is 57.0. The molecule has 73 heavy (non-hydrogen) atoms. The average Bonchev–Trinajstić information content (AvgIpc) is 3.33. The van der Waals surface area contributed by atoms with Gasteiger partial charge in [0.05, 0.1) is 43.0 Å². The van der Waals surface area contributed by atoms with E-state index in [0.717, 1.165) is 50.4 Å². The molecule has 0 bridgehead atoms. The Morgan fingerprint density at radius 2 is 1.47 bits per heavy atom. The van der Waals surface area contributed by atoms with Crippen molar-refractivity contribution in [3.63, 3.8) is 0 Å². The molecule has 416 valence electrons. The minimum Gasteiger partial charge on any atom is -0.432 e. The van der Waals surface area contributed by atoms with Crippen LogP contribution in [0.15, 0.2) is 11.6 Å². The normalized spacial score (nSPS) is 50.5.